The third-order valence-corrected chi connectivity index (χ3v) is 8.09. The number of H-pyrrole nitrogens is 1. The molecule has 1 unspecified atom stereocenters. The van der Waals surface area contributed by atoms with Crippen LogP contribution in [0.25, 0.3) is 22.6 Å². The van der Waals surface area contributed by atoms with Gasteiger partial charge in [-0.2, -0.15) is 9.49 Å². The van der Waals surface area contributed by atoms with Crippen molar-refractivity contribution in [3.05, 3.63) is 23.1 Å². The van der Waals surface area contributed by atoms with Gasteiger partial charge in [0.2, 0.25) is 5.82 Å². The molecule has 3 aromatic rings. The van der Waals surface area contributed by atoms with Gasteiger partial charge < -0.3 is 25.2 Å². The number of pyridine rings is 1. The lowest BCUT2D eigenvalue weighted by molar-refractivity contribution is -0.151. The van der Waals surface area contributed by atoms with E-state index in [4.69, 9.17) is 16.3 Å². The van der Waals surface area contributed by atoms with E-state index in [2.05, 4.69) is 30.5 Å². The van der Waals surface area contributed by atoms with Crippen molar-refractivity contribution >= 4 is 46.2 Å². The summed E-state index contributed by atoms with van der Waals surface area (Å²) >= 11 is 6.15. The maximum absolute atomic E-state index is 16.1. The molecule has 7 rings (SSSR count). The molecule has 0 radical (unpaired) electrons. The SMILES string of the molecule is O=C(O)C1CN(c2nc(-c3[nH]nc4ncc(Cl)cc34)nc(N[C@H]3C4CCC(CC4)[C@@H]3C(=O)O)c2F)CCO1. The van der Waals surface area contributed by atoms with Gasteiger partial charge in [-0.3, -0.25) is 9.89 Å². The molecule has 38 heavy (non-hydrogen) atoms. The monoisotopic (exact) mass is 545 g/mol. The van der Waals surface area contributed by atoms with Crippen LogP contribution in [0.15, 0.2) is 12.3 Å². The molecule has 4 N–H and O–H groups in total. The summed E-state index contributed by atoms with van der Waals surface area (Å²) in [6.45, 7) is 0.156. The van der Waals surface area contributed by atoms with Crippen LogP contribution in [-0.4, -0.2) is 79.1 Å². The standard InChI is InChI=1S/C24H25ClFN7O5/c25-12-7-13-18(31-32-19(13)27-8-12)21-29-20(28-17-11-3-1-10(2-4-11)15(17)24(36)37)16(26)22(30-21)33-5-6-38-14(9-33)23(34)35/h7-8,10-11,14-15,17H,1-6,9H2,(H,34,35)(H,36,37)(H,27,31,32)(H,28,29,30)/t10?,11?,14?,15-,17-/m0/s1. The number of fused-ring (bicyclic) bond motifs is 4. The van der Waals surface area contributed by atoms with E-state index in [1.54, 1.807) is 6.07 Å². The van der Waals surface area contributed by atoms with Crippen LogP contribution < -0.4 is 10.2 Å². The van der Waals surface area contributed by atoms with Crippen molar-refractivity contribution in [3.63, 3.8) is 0 Å². The first-order valence-corrected chi connectivity index (χ1v) is 12.8. The molecule has 14 heteroatoms. The predicted octanol–water partition coefficient (Wildman–Crippen LogP) is 2.80. The molecule has 200 valence electrons. The number of nitrogens with zero attached hydrogens (tertiary/aromatic N) is 5. The van der Waals surface area contributed by atoms with Crippen molar-refractivity contribution in [1.82, 2.24) is 25.1 Å². The second kappa shape index (κ2) is 9.62. The summed E-state index contributed by atoms with van der Waals surface area (Å²) in [7, 11) is 0. The third kappa shape index (κ3) is 4.29. The number of ether oxygens (including phenoxy) is 1. The second-order valence-corrected chi connectivity index (χ2v) is 10.4. The molecule has 4 fully saturated rings. The van der Waals surface area contributed by atoms with Crippen molar-refractivity contribution < 1.29 is 28.9 Å². The Bertz CT molecular complexity index is 1410. The molecule has 4 heterocycles. The first-order valence-electron chi connectivity index (χ1n) is 12.5. The van der Waals surface area contributed by atoms with Crippen molar-refractivity contribution in [2.75, 3.05) is 29.9 Å². The van der Waals surface area contributed by atoms with E-state index in [-0.39, 0.29) is 49.0 Å². The van der Waals surface area contributed by atoms with Crippen molar-refractivity contribution in [3.8, 4) is 11.5 Å². The summed E-state index contributed by atoms with van der Waals surface area (Å²) in [6.07, 6.45) is 3.68. The van der Waals surface area contributed by atoms with Crippen LogP contribution >= 0.6 is 11.6 Å². The first kappa shape index (κ1) is 24.7. The molecule has 3 aromatic heterocycles. The summed E-state index contributed by atoms with van der Waals surface area (Å²) in [5.41, 5.74) is 0.712. The Balaban J connectivity index is 1.45. The minimum absolute atomic E-state index is 0.0131. The van der Waals surface area contributed by atoms with Gasteiger partial charge in [0.15, 0.2) is 29.2 Å². The van der Waals surface area contributed by atoms with Gasteiger partial charge in [0, 0.05) is 18.8 Å². The molecule has 3 aliphatic carbocycles. The largest absolute Gasteiger partial charge is 0.481 e. The van der Waals surface area contributed by atoms with Gasteiger partial charge in [0.05, 0.1) is 29.5 Å². The fraction of sp³-hybridized carbons (Fsp3) is 0.500. The predicted molar refractivity (Wildman–Crippen MR) is 133 cm³/mol. The number of rotatable bonds is 6. The topological polar surface area (TPSA) is 166 Å². The Labute approximate surface area is 220 Å². The van der Waals surface area contributed by atoms with E-state index in [0.717, 1.165) is 25.7 Å². The van der Waals surface area contributed by atoms with Crippen LogP contribution in [0.5, 0.6) is 0 Å². The van der Waals surface area contributed by atoms with E-state index >= 15 is 4.39 Å². The highest BCUT2D eigenvalue weighted by Crippen LogP contribution is 2.46. The van der Waals surface area contributed by atoms with Gasteiger partial charge >= 0.3 is 11.9 Å². The highest BCUT2D eigenvalue weighted by Gasteiger charge is 2.48. The number of halogens is 2. The lowest BCUT2D eigenvalue weighted by atomic mass is 9.61. The van der Waals surface area contributed by atoms with Crippen LogP contribution in [0.2, 0.25) is 5.02 Å². The van der Waals surface area contributed by atoms with E-state index in [1.165, 1.54) is 11.1 Å². The fourth-order valence-corrected chi connectivity index (χ4v) is 6.22. The minimum Gasteiger partial charge on any atom is -0.481 e. The number of carboxylic acid groups (broad SMARTS) is 2. The van der Waals surface area contributed by atoms with E-state index in [0.29, 0.717) is 21.7 Å². The number of aliphatic carboxylic acids is 2. The average molecular weight is 546 g/mol. The lowest BCUT2D eigenvalue weighted by Crippen LogP contribution is -2.51. The van der Waals surface area contributed by atoms with E-state index in [9.17, 15) is 19.8 Å². The average Bonchev–Trinajstić information content (AvgIpc) is 3.33. The molecule has 0 spiro atoms. The number of carboxylic acids is 2. The van der Waals surface area contributed by atoms with Crippen LogP contribution in [-0.2, 0) is 14.3 Å². The summed E-state index contributed by atoms with van der Waals surface area (Å²) in [5.74, 6) is -3.62. The van der Waals surface area contributed by atoms with E-state index in [1.807, 2.05) is 0 Å². The van der Waals surface area contributed by atoms with Gasteiger partial charge in [-0.1, -0.05) is 11.6 Å². The Morgan fingerprint density at radius 2 is 1.92 bits per heavy atom. The molecule has 3 saturated carbocycles. The fourth-order valence-electron chi connectivity index (χ4n) is 6.06. The zero-order valence-electron chi connectivity index (χ0n) is 20.1. The molecule has 0 amide bonds. The molecule has 1 saturated heterocycles. The molecule has 3 atom stereocenters. The molecule has 2 bridgehead atoms. The highest BCUT2D eigenvalue weighted by atomic mass is 35.5. The Morgan fingerprint density at radius 3 is 2.66 bits per heavy atom. The van der Waals surface area contributed by atoms with Gasteiger partial charge in [-0.25, -0.2) is 19.7 Å². The zero-order valence-corrected chi connectivity index (χ0v) is 20.9. The number of morpholine rings is 1. The van der Waals surface area contributed by atoms with Crippen molar-refractivity contribution in [1.29, 1.82) is 0 Å². The number of hydrogen-bond acceptors (Lipinski definition) is 9. The Hall–Kier alpha value is -3.58. The number of carbonyl (C=O) groups is 2. The molecular formula is C24H25ClFN7O5. The Kier molecular flexibility index (Phi) is 6.26. The smallest absolute Gasteiger partial charge is 0.334 e. The van der Waals surface area contributed by atoms with Gasteiger partial charge in [-0.05, 0) is 43.6 Å². The van der Waals surface area contributed by atoms with E-state index < -0.39 is 35.8 Å². The maximum atomic E-state index is 16.1. The van der Waals surface area contributed by atoms with Crippen LogP contribution in [0.1, 0.15) is 25.7 Å². The number of aromatic amines is 1. The first-order chi connectivity index (χ1) is 18.3. The van der Waals surface area contributed by atoms with Gasteiger partial charge in [0.1, 0.15) is 5.69 Å². The van der Waals surface area contributed by atoms with Gasteiger partial charge in [0.25, 0.3) is 0 Å². The number of nitrogens with one attached hydrogen (secondary N) is 2. The summed E-state index contributed by atoms with van der Waals surface area (Å²) in [6, 6.07) is 1.13. The normalized spacial score (nSPS) is 27.0. The molecular weight excluding hydrogens is 521 g/mol. The second-order valence-electron chi connectivity index (χ2n) is 10.0. The summed E-state index contributed by atoms with van der Waals surface area (Å²) in [4.78, 5) is 38.4. The van der Waals surface area contributed by atoms with Gasteiger partial charge in [-0.15, -0.1) is 0 Å². The van der Waals surface area contributed by atoms with Crippen LogP contribution in [0.4, 0.5) is 16.0 Å². The summed E-state index contributed by atoms with van der Waals surface area (Å²) < 4.78 is 21.4. The van der Waals surface area contributed by atoms with Crippen molar-refractivity contribution in [2.24, 2.45) is 17.8 Å². The number of hydrogen-bond donors (Lipinski definition) is 4. The minimum atomic E-state index is -1.16. The highest BCUT2D eigenvalue weighted by molar-refractivity contribution is 6.31. The molecule has 12 nitrogen and oxygen atoms in total. The summed E-state index contributed by atoms with van der Waals surface area (Å²) in [5, 5.41) is 30.5. The Morgan fingerprint density at radius 1 is 1.16 bits per heavy atom. The molecule has 1 aliphatic heterocycles. The molecule has 4 aliphatic rings. The zero-order chi connectivity index (χ0) is 26.6. The maximum Gasteiger partial charge on any atom is 0.334 e. The molecule has 0 aromatic carbocycles. The van der Waals surface area contributed by atoms with Crippen LogP contribution in [0.3, 0.4) is 0 Å². The number of aromatic nitrogens is 5. The quantitative estimate of drug-likeness (QED) is 0.359. The van der Waals surface area contributed by atoms with Crippen LogP contribution in [0, 0.1) is 23.6 Å². The number of anilines is 2. The van der Waals surface area contributed by atoms with Crippen molar-refractivity contribution in [2.45, 2.75) is 37.8 Å². The third-order valence-electron chi connectivity index (χ3n) is 7.88. The lowest BCUT2D eigenvalue weighted by Gasteiger charge is -2.47.